The SMILES string of the molecule is CC(C)(C)S(=O)(=O)N[C@@H](CC1CO1)[C@@]1(c2ccccc2)Cc2c(cc(F)c(Cl)c2Br)O1. The van der Waals surface area contributed by atoms with Crippen molar-refractivity contribution >= 4 is 37.6 Å². The molecule has 168 valence electrons. The van der Waals surface area contributed by atoms with Gasteiger partial charge in [-0.15, -0.1) is 0 Å². The summed E-state index contributed by atoms with van der Waals surface area (Å²) in [6.45, 7) is 5.50. The van der Waals surface area contributed by atoms with E-state index < -0.39 is 32.2 Å². The highest BCUT2D eigenvalue weighted by molar-refractivity contribution is 9.10. The van der Waals surface area contributed by atoms with Crippen molar-refractivity contribution in [2.24, 2.45) is 0 Å². The molecule has 2 heterocycles. The van der Waals surface area contributed by atoms with Crippen LogP contribution in [-0.4, -0.2) is 31.9 Å². The molecule has 0 aromatic heterocycles. The highest BCUT2D eigenvalue weighted by Crippen LogP contribution is 2.50. The number of ether oxygens (including phenoxy) is 2. The predicted molar refractivity (Wildman–Crippen MR) is 122 cm³/mol. The average molecular weight is 533 g/mol. The van der Waals surface area contributed by atoms with Crippen molar-refractivity contribution in [1.82, 2.24) is 4.72 Å². The van der Waals surface area contributed by atoms with Gasteiger partial charge in [-0.2, -0.15) is 0 Å². The van der Waals surface area contributed by atoms with E-state index in [0.717, 1.165) is 5.56 Å². The number of sulfonamides is 1. The van der Waals surface area contributed by atoms with Crippen molar-refractivity contribution in [2.45, 2.75) is 56.1 Å². The van der Waals surface area contributed by atoms with Gasteiger partial charge < -0.3 is 9.47 Å². The summed E-state index contributed by atoms with van der Waals surface area (Å²) in [5.41, 5.74) is 0.400. The second-order valence-electron chi connectivity index (χ2n) is 8.97. The van der Waals surface area contributed by atoms with Crippen LogP contribution in [0.3, 0.4) is 0 Å². The van der Waals surface area contributed by atoms with Crippen molar-refractivity contribution < 1.29 is 22.3 Å². The Labute approximate surface area is 195 Å². The number of hydrogen-bond acceptors (Lipinski definition) is 4. The van der Waals surface area contributed by atoms with Gasteiger partial charge in [0.05, 0.1) is 28.5 Å². The Balaban J connectivity index is 1.85. The molecule has 2 aromatic carbocycles. The second-order valence-corrected chi connectivity index (χ2v) is 12.6. The third-order valence-electron chi connectivity index (χ3n) is 5.78. The van der Waals surface area contributed by atoms with E-state index in [0.29, 0.717) is 35.2 Å². The van der Waals surface area contributed by atoms with Crippen LogP contribution in [0.1, 0.15) is 38.3 Å². The summed E-state index contributed by atoms with van der Waals surface area (Å²) in [6, 6.07) is 10.0. The Morgan fingerprint density at radius 1 is 1.32 bits per heavy atom. The first-order valence-electron chi connectivity index (χ1n) is 9.99. The first-order chi connectivity index (χ1) is 14.4. The van der Waals surface area contributed by atoms with Crippen LogP contribution in [0.25, 0.3) is 0 Å². The van der Waals surface area contributed by atoms with Crippen molar-refractivity contribution in [1.29, 1.82) is 0 Å². The normalized spacial score (nSPS) is 23.9. The lowest BCUT2D eigenvalue weighted by Crippen LogP contribution is -2.56. The molecule has 1 saturated heterocycles. The van der Waals surface area contributed by atoms with Crippen LogP contribution in [0.5, 0.6) is 5.75 Å². The Morgan fingerprint density at radius 3 is 2.55 bits per heavy atom. The summed E-state index contributed by atoms with van der Waals surface area (Å²) < 4.78 is 54.8. The van der Waals surface area contributed by atoms with Crippen LogP contribution in [0.4, 0.5) is 4.39 Å². The summed E-state index contributed by atoms with van der Waals surface area (Å²) >= 11 is 9.53. The lowest BCUT2D eigenvalue weighted by atomic mass is 9.81. The number of fused-ring (bicyclic) bond motifs is 1. The minimum atomic E-state index is -3.71. The maximum absolute atomic E-state index is 14.4. The minimum absolute atomic E-state index is 0.0245. The van der Waals surface area contributed by atoms with Crippen LogP contribution in [0.15, 0.2) is 40.9 Å². The number of epoxide rings is 1. The van der Waals surface area contributed by atoms with Gasteiger partial charge >= 0.3 is 0 Å². The molecule has 2 aliphatic rings. The molecule has 0 spiro atoms. The number of halogens is 3. The smallest absolute Gasteiger partial charge is 0.216 e. The molecule has 31 heavy (non-hydrogen) atoms. The predicted octanol–water partition coefficient (Wildman–Crippen LogP) is 4.95. The third-order valence-corrected chi connectivity index (χ3v) is 9.46. The number of nitrogens with one attached hydrogen (secondary N) is 1. The largest absolute Gasteiger partial charge is 0.480 e. The molecule has 2 aliphatic heterocycles. The monoisotopic (exact) mass is 531 g/mol. The van der Waals surface area contributed by atoms with Crippen molar-refractivity contribution in [3.05, 3.63) is 62.8 Å². The first kappa shape index (κ1) is 23.0. The van der Waals surface area contributed by atoms with Gasteiger partial charge in [0.15, 0.2) is 5.60 Å². The van der Waals surface area contributed by atoms with E-state index >= 15 is 0 Å². The molecule has 0 saturated carbocycles. The highest BCUT2D eigenvalue weighted by Gasteiger charge is 2.52. The van der Waals surface area contributed by atoms with Crippen molar-refractivity contribution in [3.63, 3.8) is 0 Å². The summed E-state index contributed by atoms with van der Waals surface area (Å²) in [4.78, 5) is 0. The fraction of sp³-hybridized carbons (Fsp3) is 0.455. The number of rotatable bonds is 6. The molecule has 1 N–H and O–H groups in total. The Hall–Kier alpha value is -1.19. The first-order valence-corrected chi connectivity index (χ1v) is 12.6. The van der Waals surface area contributed by atoms with Crippen LogP contribution in [-0.2, 0) is 26.8 Å². The molecule has 0 bridgehead atoms. The van der Waals surface area contributed by atoms with Crippen molar-refractivity contribution in [2.75, 3.05) is 6.61 Å². The summed E-state index contributed by atoms with van der Waals surface area (Å²) in [6.07, 6.45) is 0.674. The third kappa shape index (κ3) is 4.25. The quantitative estimate of drug-likeness (QED) is 0.422. The van der Waals surface area contributed by atoms with Crippen LogP contribution in [0, 0.1) is 5.82 Å². The zero-order valence-corrected chi connectivity index (χ0v) is 20.6. The zero-order valence-electron chi connectivity index (χ0n) is 17.4. The van der Waals surface area contributed by atoms with Gasteiger partial charge in [0.25, 0.3) is 0 Å². The number of benzene rings is 2. The zero-order chi connectivity index (χ0) is 22.6. The topological polar surface area (TPSA) is 67.9 Å². The fourth-order valence-corrected chi connectivity index (χ4v) is 5.51. The Morgan fingerprint density at radius 2 is 1.97 bits per heavy atom. The summed E-state index contributed by atoms with van der Waals surface area (Å²) in [5, 5.41) is -0.0245. The second kappa shape index (κ2) is 7.99. The van der Waals surface area contributed by atoms with Gasteiger partial charge in [-0.25, -0.2) is 17.5 Å². The Kier molecular flexibility index (Phi) is 5.92. The van der Waals surface area contributed by atoms with E-state index in [-0.39, 0.29) is 11.1 Å². The summed E-state index contributed by atoms with van der Waals surface area (Å²) in [7, 11) is -3.71. The van der Waals surface area contributed by atoms with Gasteiger partial charge in [-0.3, -0.25) is 0 Å². The molecule has 0 radical (unpaired) electrons. The van der Waals surface area contributed by atoms with Gasteiger partial charge in [-0.05, 0) is 48.7 Å². The molecular formula is C22H24BrClFNO4S. The van der Waals surface area contributed by atoms with E-state index in [9.17, 15) is 12.8 Å². The van der Waals surface area contributed by atoms with E-state index in [4.69, 9.17) is 21.1 Å². The molecule has 1 fully saturated rings. The van der Waals surface area contributed by atoms with E-state index in [1.54, 1.807) is 20.8 Å². The maximum atomic E-state index is 14.4. The molecule has 0 amide bonds. The molecule has 0 aliphatic carbocycles. The molecule has 4 rings (SSSR count). The molecular weight excluding hydrogens is 509 g/mol. The Bertz CT molecular complexity index is 1100. The average Bonchev–Trinajstić information content (AvgIpc) is 3.43. The molecule has 1 unspecified atom stereocenters. The lowest BCUT2D eigenvalue weighted by molar-refractivity contribution is 0.0484. The fourth-order valence-electron chi connectivity index (χ4n) is 3.80. The highest BCUT2D eigenvalue weighted by atomic mass is 79.9. The van der Waals surface area contributed by atoms with Crippen molar-refractivity contribution in [3.8, 4) is 5.75 Å². The van der Waals surface area contributed by atoms with Crippen LogP contribution in [0.2, 0.25) is 5.02 Å². The van der Waals surface area contributed by atoms with Gasteiger partial charge in [0.1, 0.15) is 11.6 Å². The molecule has 2 aromatic rings. The van der Waals surface area contributed by atoms with Gasteiger partial charge in [0.2, 0.25) is 10.0 Å². The van der Waals surface area contributed by atoms with Gasteiger partial charge in [0, 0.05) is 22.5 Å². The van der Waals surface area contributed by atoms with Gasteiger partial charge in [-0.1, -0.05) is 41.9 Å². The summed E-state index contributed by atoms with van der Waals surface area (Å²) in [5.74, 6) is -0.261. The van der Waals surface area contributed by atoms with Crippen LogP contribution >= 0.6 is 27.5 Å². The van der Waals surface area contributed by atoms with E-state index in [1.165, 1.54) is 6.07 Å². The van der Waals surface area contributed by atoms with Crippen LogP contribution < -0.4 is 9.46 Å². The lowest BCUT2D eigenvalue weighted by Gasteiger charge is -2.39. The minimum Gasteiger partial charge on any atom is -0.480 e. The van der Waals surface area contributed by atoms with E-state index in [1.807, 2.05) is 30.3 Å². The van der Waals surface area contributed by atoms with E-state index in [2.05, 4.69) is 20.7 Å². The standard InChI is InChI=1S/C22H24BrClFNO4S/c1-21(2,3)31(27,28)26-18(9-14-12-29-14)22(13-7-5-4-6-8-13)11-15-17(30-22)10-16(25)20(24)19(15)23/h4-8,10,14,18,26H,9,11-12H2,1-3H3/t14?,18-,22-/m0/s1. The maximum Gasteiger partial charge on any atom is 0.216 e. The molecule has 3 atom stereocenters. The number of hydrogen-bond donors (Lipinski definition) is 1. The molecule has 9 heteroatoms. The molecule has 5 nitrogen and oxygen atoms in total.